The van der Waals surface area contributed by atoms with Gasteiger partial charge in [0.1, 0.15) is 11.6 Å². The highest BCUT2D eigenvalue weighted by molar-refractivity contribution is 9.10. The Morgan fingerprint density at radius 2 is 1.67 bits per heavy atom. The standard InChI is InChI=1S/C23H19BrN2O/c1-27-20-13-8-17(9-14-20)10-15-23-25-21-4-2-3-5-22(21)26(23)16-18-6-11-19(24)12-7-18/h2-15H,16H2,1H3/b15-10+. The molecule has 4 heteroatoms. The highest BCUT2D eigenvalue weighted by Crippen LogP contribution is 2.21. The van der Waals surface area contributed by atoms with Gasteiger partial charge in [0, 0.05) is 11.0 Å². The van der Waals surface area contributed by atoms with E-state index < -0.39 is 0 Å². The van der Waals surface area contributed by atoms with Crippen LogP contribution in [0.15, 0.2) is 77.3 Å². The lowest BCUT2D eigenvalue weighted by Gasteiger charge is -2.08. The van der Waals surface area contributed by atoms with Crippen molar-refractivity contribution in [3.63, 3.8) is 0 Å². The Labute approximate surface area is 167 Å². The van der Waals surface area contributed by atoms with Crippen molar-refractivity contribution in [1.82, 2.24) is 9.55 Å². The Hall–Kier alpha value is -2.85. The molecule has 0 N–H and O–H groups in total. The Kier molecular flexibility index (Phi) is 5.07. The summed E-state index contributed by atoms with van der Waals surface area (Å²) in [5, 5.41) is 0. The van der Waals surface area contributed by atoms with Gasteiger partial charge in [-0.3, -0.25) is 0 Å². The maximum Gasteiger partial charge on any atom is 0.134 e. The summed E-state index contributed by atoms with van der Waals surface area (Å²) in [7, 11) is 1.68. The van der Waals surface area contributed by atoms with Crippen molar-refractivity contribution in [3.05, 3.63) is 94.2 Å². The van der Waals surface area contributed by atoms with Gasteiger partial charge in [0.15, 0.2) is 0 Å². The predicted octanol–water partition coefficient (Wildman–Crippen LogP) is 6.03. The van der Waals surface area contributed by atoms with E-state index in [9.17, 15) is 0 Å². The SMILES string of the molecule is COc1ccc(/C=C/c2nc3ccccc3n2Cc2ccc(Br)cc2)cc1. The van der Waals surface area contributed by atoms with Crippen LogP contribution < -0.4 is 4.74 Å². The van der Waals surface area contributed by atoms with Crippen molar-refractivity contribution in [1.29, 1.82) is 0 Å². The van der Waals surface area contributed by atoms with Crippen LogP contribution in [-0.4, -0.2) is 16.7 Å². The van der Waals surface area contributed by atoms with E-state index >= 15 is 0 Å². The Balaban J connectivity index is 1.70. The summed E-state index contributed by atoms with van der Waals surface area (Å²) in [5.74, 6) is 1.80. The van der Waals surface area contributed by atoms with Gasteiger partial charge >= 0.3 is 0 Å². The molecule has 0 unspecified atom stereocenters. The lowest BCUT2D eigenvalue weighted by Crippen LogP contribution is -2.02. The van der Waals surface area contributed by atoms with Gasteiger partial charge in [0.05, 0.1) is 18.1 Å². The Morgan fingerprint density at radius 1 is 0.926 bits per heavy atom. The first-order valence-electron chi connectivity index (χ1n) is 8.75. The van der Waals surface area contributed by atoms with Gasteiger partial charge in [0.2, 0.25) is 0 Å². The molecule has 3 aromatic carbocycles. The molecule has 134 valence electrons. The third-order valence-corrected chi connectivity index (χ3v) is 5.01. The number of methoxy groups -OCH3 is 1. The van der Waals surface area contributed by atoms with Crippen molar-refractivity contribution >= 4 is 39.1 Å². The highest BCUT2D eigenvalue weighted by atomic mass is 79.9. The average Bonchev–Trinajstić information content (AvgIpc) is 3.06. The molecular formula is C23H19BrN2O. The van der Waals surface area contributed by atoms with Crippen LogP contribution in [0.5, 0.6) is 5.75 Å². The van der Waals surface area contributed by atoms with Gasteiger partial charge in [-0.1, -0.05) is 58.4 Å². The number of hydrogen-bond donors (Lipinski definition) is 0. The number of hydrogen-bond acceptors (Lipinski definition) is 2. The fourth-order valence-corrected chi connectivity index (χ4v) is 3.31. The molecule has 0 aliphatic rings. The minimum absolute atomic E-state index is 0.774. The van der Waals surface area contributed by atoms with E-state index in [1.54, 1.807) is 7.11 Å². The fraction of sp³-hybridized carbons (Fsp3) is 0.0870. The van der Waals surface area contributed by atoms with E-state index in [0.717, 1.165) is 39.2 Å². The van der Waals surface area contributed by atoms with Crippen molar-refractivity contribution in [2.45, 2.75) is 6.54 Å². The zero-order chi connectivity index (χ0) is 18.6. The number of benzene rings is 3. The van der Waals surface area contributed by atoms with Gasteiger partial charge in [-0.15, -0.1) is 0 Å². The minimum atomic E-state index is 0.774. The molecule has 0 aliphatic carbocycles. The first-order valence-corrected chi connectivity index (χ1v) is 9.54. The second-order valence-electron chi connectivity index (χ2n) is 6.28. The molecule has 27 heavy (non-hydrogen) atoms. The summed E-state index contributed by atoms with van der Waals surface area (Å²) in [5.41, 5.74) is 4.48. The van der Waals surface area contributed by atoms with E-state index in [0.29, 0.717) is 0 Å². The fourth-order valence-electron chi connectivity index (χ4n) is 3.05. The minimum Gasteiger partial charge on any atom is -0.497 e. The molecule has 0 amide bonds. The molecule has 0 bridgehead atoms. The molecule has 0 fully saturated rings. The van der Waals surface area contributed by atoms with E-state index in [2.05, 4.69) is 75.1 Å². The van der Waals surface area contributed by atoms with Crippen LogP contribution in [-0.2, 0) is 6.54 Å². The Morgan fingerprint density at radius 3 is 2.41 bits per heavy atom. The largest absolute Gasteiger partial charge is 0.497 e. The number of ether oxygens (including phenoxy) is 1. The maximum absolute atomic E-state index is 5.22. The lowest BCUT2D eigenvalue weighted by atomic mass is 10.2. The van der Waals surface area contributed by atoms with Crippen molar-refractivity contribution < 1.29 is 4.74 Å². The van der Waals surface area contributed by atoms with Gasteiger partial charge in [-0.05, 0) is 53.6 Å². The second-order valence-corrected chi connectivity index (χ2v) is 7.19. The van der Waals surface area contributed by atoms with Gasteiger partial charge < -0.3 is 9.30 Å². The number of aromatic nitrogens is 2. The summed E-state index contributed by atoms with van der Waals surface area (Å²) in [6.07, 6.45) is 4.15. The van der Waals surface area contributed by atoms with E-state index in [4.69, 9.17) is 9.72 Å². The summed E-state index contributed by atoms with van der Waals surface area (Å²) >= 11 is 3.50. The molecule has 4 rings (SSSR count). The second kappa shape index (κ2) is 7.80. The predicted molar refractivity (Wildman–Crippen MR) is 115 cm³/mol. The quantitative estimate of drug-likeness (QED) is 0.395. The smallest absolute Gasteiger partial charge is 0.134 e. The van der Waals surface area contributed by atoms with Crippen LogP contribution in [0.2, 0.25) is 0 Å². The number of rotatable bonds is 5. The zero-order valence-electron chi connectivity index (χ0n) is 15.0. The highest BCUT2D eigenvalue weighted by Gasteiger charge is 2.09. The summed E-state index contributed by atoms with van der Waals surface area (Å²) in [4.78, 5) is 4.82. The third-order valence-electron chi connectivity index (χ3n) is 4.48. The molecule has 0 saturated heterocycles. The molecule has 0 aliphatic heterocycles. The molecule has 0 spiro atoms. The number of para-hydroxylation sites is 2. The van der Waals surface area contributed by atoms with Crippen LogP contribution in [0.3, 0.4) is 0 Å². The molecule has 0 radical (unpaired) electrons. The molecular weight excluding hydrogens is 400 g/mol. The molecule has 1 aromatic heterocycles. The van der Waals surface area contributed by atoms with Crippen LogP contribution in [0.25, 0.3) is 23.2 Å². The van der Waals surface area contributed by atoms with Crippen LogP contribution in [0, 0.1) is 0 Å². The zero-order valence-corrected chi connectivity index (χ0v) is 16.6. The summed E-state index contributed by atoms with van der Waals surface area (Å²) in [6.45, 7) is 0.774. The normalized spacial score (nSPS) is 11.3. The monoisotopic (exact) mass is 418 g/mol. The van der Waals surface area contributed by atoms with Crippen LogP contribution in [0.4, 0.5) is 0 Å². The van der Waals surface area contributed by atoms with Gasteiger partial charge in [-0.25, -0.2) is 4.98 Å². The van der Waals surface area contributed by atoms with E-state index in [1.807, 2.05) is 30.3 Å². The van der Waals surface area contributed by atoms with Crippen molar-refractivity contribution in [2.75, 3.05) is 7.11 Å². The Bertz CT molecular complexity index is 1080. The van der Waals surface area contributed by atoms with Crippen molar-refractivity contribution in [3.8, 4) is 5.75 Å². The molecule has 1 heterocycles. The number of nitrogens with zero attached hydrogens (tertiary/aromatic N) is 2. The van der Waals surface area contributed by atoms with Crippen LogP contribution >= 0.6 is 15.9 Å². The molecule has 3 nitrogen and oxygen atoms in total. The van der Waals surface area contributed by atoms with Crippen LogP contribution in [0.1, 0.15) is 17.0 Å². The first kappa shape index (κ1) is 17.6. The number of imidazole rings is 1. The summed E-state index contributed by atoms with van der Waals surface area (Å²) < 4.78 is 8.56. The lowest BCUT2D eigenvalue weighted by molar-refractivity contribution is 0.415. The first-order chi connectivity index (χ1) is 13.2. The number of fused-ring (bicyclic) bond motifs is 1. The molecule has 0 saturated carbocycles. The topological polar surface area (TPSA) is 27.1 Å². The van der Waals surface area contributed by atoms with E-state index in [-0.39, 0.29) is 0 Å². The van der Waals surface area contributed by atoms with Gasteiger partial charge in [-0.2, -0.15) is 0 Å². The summed E-state index contributed by atoms with van der Waals surface area (Å²) in [6, 6.07) is 24.7. The molecule has 0 atom stereocenters. The number of halogens is 1. The van der Waals surface area contributed by atoms with Gasteiger partial charge in [0.25, 0.3) is 0 Å². The maximum atomic E-state index is 5.22. The molecule has 4 aromatic rings. The average molecular weight is 419 g/mol. The van der Waals surface area contributed by atoms with Crippen molar-refractivity contribution in [2.24, 2.45) is 0 Å². The third kappa shape index (κ3) is 3.96. The van der Waals surface area contributed by atoms with E-state index in [1.165, 1.54) is 5.56 Å².